The number of halogens is 1. The van der Waals surface area contributed by atoms with Crippen LogP contribution in [0, 0.1) is 0 Å². The van der Waals surface area contributed by atoms with E-state index in [9.17, 15) is 9.59 Å². The highest BCUT2D eigenvalue weighted by Crippen LogP contribution is 2.51. The molecule has 0 saturated carbocycles. The third-order valence-corrected chi connectivity index (χ3v) is 5.18. The first-order valence-corrected chi connectivity index (χ1v) is 8.32. The van der Waals surface area contributed by atoms with Gasteiger partial charge in [-0.1, -0.05) is 36.7 Å². The lowest BCUT2D eigenvalue weighted by molar-refractivity contribution is -0.136. The molecular formula is C18H16ClN3O2. The van der Waals surface area contributed by atoms with Gasteiger partial charge in [-0.25, -0.2) is 0 Å². The predicted octanol–water partition coefficient (Wildman–Crippen LogP) is 2.64. The monoisotopic (exact) mass is 341 g/mol. The minimum atomic E-state index is -0.994. The van der Waals surface area contributed by atoms with E-state index in [0.717, 1.165) is 11.1 Å². The first kappa shape index (κ1) is 15.1. The zero-order valence-electron chi connectivity index (χ0n) is 13.2. The summed E-state index contributed by atoms with van der Waals surface area (Å²) >= 11 is 6.50. The van der Waals surface area contributed by atoms with Crippen molar-refractivity contribution in [2.45, 2.75) is 19.0 Å². The van der Waals surface area contributed by atoms with Crippen molar-refractivity contribution < 1.29 is 9.59 Å². The van der Waals surface area contributed by atoms with Crippen LogP contribution in [0.15, 0.2) is 42.7 Å². The lowest BCUT2D eigenvalue weighted by Gasteiger charge is -2.40. The van der Waals surface area contributed by atoms with Crippen LogP contribution in [-0.4, -0.2) is 39.7 Å². The Balaban J connectivity index is 2.07. The Hall–Kier alpha value is -2.40. The fourth-order valence-corrected chi connectivity index (χ4v) is 4.16. The Bertz CT molecular complexity index is 854. The fraction of sp³-hybridized carbons (Fsp3) is 0.278. The SMILES string of the molecule is CCC(=O)N1CCN2C(=O)c3ccncc3C12c1ccccc1Cl. The number of fused-ring (bicyclic) bond motifs is 3. The van der Waals surface area contributed by atoms with Crippen LogP contribution in [0.2, 0.25) is 5.02 Å². The normalized spacial score (nSPS) is 21.8. The second-order valence-electron chi connectivity index (χ2n) is 5.93. The second kappa shape index (κ2) is 5.31. The first-order valence-electron chi connectivity index (χ1n) is 7.94. The topological polar surface area (TPSA) is 53.5 Å². The number of amides is 2. The van der Waals surface area contributed by atoms with Crippen molar-refractivity contribution in [3.8, 4) is 0 Å². The molecule has 2 amide bonds. The Labute approximate surface area is 144 Å². The van der Waals surface area contributed by atoms with Crippen LogP contribution in [-0.2, 0) is 10.5 Å². The van der Waals surface area contributed by atoms with Crippen molar-refractivity contribution in [2.24, 2.45) is 0 Å². The van der Waals surface area contributed by atoms with Gasteiger partial charge in [0.1, 0.15) is 0 Å². The largest absolute Gasteiger partial charge is 0.310 e. The quantitative estimate of drug-likeness (QED) is 0.843. The van der Waals surface area contributed by atoms with E-state index in [-0.39, 0.29) is 11.8 Å². The van der Waals surface area contributed by atoms with Gasteiger partial charge in [0.2, 0.25) is 5.91 Å². The van der Waals surface area contributed by atoms with Gasteiger partial charge in [-0.15, -0.1) is 0 Å². The maximum atomic E-state index is 12.9. The molecule has 24 heavy (non-hydrogen) atoms. The van der Waals surface area contributed by atoms with Crippen molar-refractivity contribution in [1.29, 1.82) is 0 Å². The van der Waals surface area contributed by atoms with Gasteiger partial charge in [0.25, 0.3) is 5.91 Å². The fourth-order valence-electron chi connectivity index (χ4n) is 3.89. The van der Waals surface area contributed by atoms with Crippen LogP contribution in [0.5, 0.6) is 0 Å². The zero-order valence-corrected chi connectivity index (χ0v) is 14.0. The molecule has 2 aromatic rings. The van der Waals surface area contributed by atoms with E-state index in [2.05, 4.69) is 4.98 Å². The van der Waals surface area contributed by atoms with Crippen molar-refractivity contribution >= 4 is 23.4 Å². The van der Waals surface area contributed by atoms with Crippen molar-refractivity contribution in [2.75, 3.05) is 13.1 Å². The van der Waals surface area contributed by atoms with Crippen LogP contribution in [0.3, 0.4) is 0 Å². The van der Waals surface area contributed by atoms with Gasteiger partial charge < -0.3 is 9.80 Å². The summed E-state index contributed by atoms with van der Waals surface area (Å²) in [6.07, 6.45) is 3.65. The van der Waals surface area contributed by atoms with Crippen LogP contribution >= 0.6 is 11.6 Å². The molecule has 1 aromatic carbocycles. The van der Waals surface area contributed by atoms with Crippen molar-refractivity contribution in [1.82, 2.24) is 14.8 Å². The van der Waals surface area contributed by atoms with Gasteiger partial charge in [-0.3, -0.25) is 14.6 Å². The minimum Gasteiger partial charge on any atom is -0.310 e. The van der Waals surface area contributed by atoms with E-state index in [1.807, 2.05) is 25.1 Å². The number of carbonyl (C=O) groups is 2. The zero-order chi connectivity index (χ0) is 16.9. The molecule has 1 saturated heterocycles. The summed E-state index contributed by atoms with van der Waals surface area (Å²) in [6.45, 7) is 2.79. The van der Waals surface area contributed by atoms with Gasteiger partial charge in [-0.05, 0) is 12.1 Å². The molecule has 0 bridgehead atoms. The molecule has 0 spiro atoms. The lowest BCUT2D eigenvalue weighted by atomic mass is 9.91. The van der Waals surface area contributed by atoms with Crippen molar-refractivity contribution in [3.63, 3.8) is 0 Å². The standard InChI is InChI=1S/C18H16ClN3O2/c1-2-16(23)21-9-10-22-17(24)12-7-8-20-11-14(12)18(21,22)13-5-3-4-6-15(13)19/h3-8,11H,2,9-10H2,1H3. The molecular weight excluding hydrogens is 326 g/mol. The number of pyridine rings is 1. The Morgan fingerprint density at radius 2 is 2.04 bits per heavy atom. The molecule has 122 valence electrons. The molecule has 1 aromatic heterocycles. The average Bonchev–Trinajstić information content (AvgIpc) is 3.11. The van der Waals surface area contributed by atoms with E-state index in [4.69, 9.17) is 11.6 Å². The van der Waals surface area contributed by atoms with Crippen LogP contribution in [0.25, 0.3) is 0 Å². The third-order valence-electron chi connectivity index (χ3n) is 4.85. The maximum Gasteiger partial charge on any atom is 0.256 e. The molecule has 3 heterocycles. The highest BCUT2D eigenvalue weighted by molar-refractivity contribution is 6.31. The van der Waals surface area contributed by atoms with Crippen LogP contribution in [0.1, 0.15) is 34.8 Å². The summed E-state index contributed by atoms with van der Waals surface area (Å²) in [4.78, 5) is 33.3. The molecule has 0 radical (unpaired) electrons. The van der Waals surface area contributed by atoms with Crippen LogP contribution in [0.4, 0.5) is 0 Å². The first-order chi connectivity index (χ1) is 11.6. The van der Waals surface area contributed by atoms with E-state index in [1.54, 1.807) is 34.3 Å². The number of hydrogen-bond acceptors (Lipinski definition) is 3. The number of hydrogen-bond donors (Lipinski definition) is 0. The molecule has 2 aliphatic heterocycles. The molecule has 4 rings (SSSR count). The van der Waals surface area contributed by atoms with E-state index in [0.29, 0.717) is 30.1 Å². The molecule has 1 unspecified atom stereocenters. The van der Waals surface area contributed by atoms with Gasteiger partial charge in [0, 0.05) is 48.1 Å². The minimum absolute atomic E-state index is 0.0121. The van der Waals surface area contributed by atoms with E-state index >= 15 is 0 Å². The molecule has 1 atom stereocenters. The lowest BCUT2D eigenvalue weighted by Crippen LogP contribution is -2.51. The molecule has 1 fully saturated rings. The highest BCUT2D eigenvalue weighted by Gasteiger charge is 2.60. The smallest absolute Gasteiger partial charge is 0.256 e. The molecule has 2 aliphatic rings. The Morgan fingerprint density at radius 3 is 2.79 bits per heavy atom. The maximum absolute atomic E-state index is 12.9. The number of benzene rings is 1. The van der Waals surface area contributed by atoms with Crippen LogP contribution < -0.4 is 0 Å². The van der Waals surface area contributed by atoms with Gasteiger partial charge in [-0.2, -0.15) is 0 Å². The van der Waals surface area contributed by atoms with E-state index in [1.165, 1.54) is 0 Å². The van der Waals surface area contributed by atoms with Gasteiger partial charge in [0.05, 0.1) is 5.56 Å². The van der Waals surface area contributed by atoms with Gasteiger partial charge in [0.15, 0.2) is 5.66 Å². The Kier molecular flexibility index (Phi) is 3.35. The van der Waals surface area contributed by atoms with E-state index < -0.39 is 5.66 Å². The van der Waals surface area contributed by atoms with Gasteiger partial charge >= 0.3 is 0 Å². The third kappa shape index (κ3) is 1.73. The summed E-state index contributed by atoms with van der Waals surface area (Å²) in [5.74, 6) is -0.0966. The number of rotatable bonds is 2. The molecule has 6 heteroatoms. The summed E-state index contributed by atoms with van der Waals surface area (Å²) in [5, 5.41) is 0.530. The highest BCUT2D eigenvalue weighted by atomic mass is 35.5. The average molecular weight is 342 g/mol. The number of carbonyl (C=O) groups excluding carboxylic acids is 2. The summed E-state index contributed by atoms with van der Waals surface area (Å²) in [5.41, 5.74) is 1.05. The number of nitrogens with zero attached hydrogens (tertiary/aromatic N) is 3. The Morgan fingerprint density at radius 1 is 1.25 bits per heavy atom. The molecule has 0 aliphatic carbocycles. The predicted molar refractivity (Wildman–Crippen MR) is 89.5 cm³/mol. The van der Waals surface area contributed by atoms with Crippen molar-refractivity contribution in [3.05, 3.63) is 64.4 Å². The second-order valence-corrected chi connectivity index (χ2v) is 6.34. The summed E-state index contributed by atoms with van der Waals surface area (Å²) in [6, 6.07) is 9.10. The molecule has 0 N–H and O–H groups in total. The summed E-state index contributed by atoms with van der Waals surface area (Å²) in [7, 11) is 0. The summed E-state index contributed by atoms with van der Waals surface area (Å²) < 4.78 is 0. The number of aromatic nitrogens is 1. The molecule has 5 nitrogen and oxygen atoms in total.